The van der Waals surface area contributed by atoms with Gasteiger partial charge in [0.25, 0.3) is 0 Å². The van der Waals surface area contributed by atoms with Gasteiger partial charge in [-0.2, -0.15) is 0 Å². The highest BCUT2D eigenvalue weighted by molar-refractivity contribution is 7.89. The second kappa shape index (κ2) is 7.59. The Kier molecular flexibility index (Phi) is 6.00. The van der Waals surface area contributed by atoms with Crippen LogP contribution >= 0.6 is 0 Å². The lowest BCUT2D eigenvalue weighted by Gasteiger charge is -2.32. The molecule has 0 spiro atoms. The number of piperidine rings is 1. The smallest absolute Gasteiger partial charge is 0.216 e. The summed E-state index contributed by atoms with van der Waals surface area (Å²) in [5.74, 6) is -0.131. The fourth-order valence-electron chi connectivity index (χ4n) is 2.92. The Morgan fingerprint density at radius 3 is 2.52 bits per heavy atom. The molecule has 0 radical (unpaired) electrons. The van der Waals surface area contributed by atoms with Gasteiger partial charge in [-0.3, -0.25) is 0 Å². The third kappa shape index (κ3) is 4.22. The molecular weight excluding hydrogens is 321 g/mol. The third-order valence-corrected chi connectivity index (χ3v) is 6.39. The summed E-state index contributed by atoms with van der Waals surface area (Å²) in [4.78, 5) is 0. The highest BCUT2D eigenvalue weighted by atomic mass is 32.2. The van der Waals surface area contributed by atoms with Gasteiger partial charge in [-0.25, -0.2) is 17.1 Å². The zero-order valence-corrected chi connectivity index (χ0v) is 14.6. The zero-order valence-electron chi connectivity index (χ0n) is 13.8. The molecule has 2 rings (SSSR count). The Hall–Kier alpha value is -1.18. The van der Waals surface area contributed by atoms with Crippen molar-refractivity contribution in [2.24, 2.45) is 0 Å². The van der Waals surface area contributed by atoms with Crippen LogP contribution in [0.3, 0.4) is 0 Å². The summed E-state index contributed by atoms with van der Waals surface area (Å²) in [6.45, 7) is 2.54. The van der Waals surface area contributed by atoms with Gasteiger partial charge in [-0.05, 0) is 37.3 Å². The van der Waals surface area contributed by atoms with Gasteiger partial charge >= 0.3 is 0 Å². The number of rotatable bonds is 6. The lowest BCUT2D eigenvalue weighted by Crippen LogP contribution is -2.41. The predicted molar refractivity (Wildman–Crippen MR) is 86.8 cm³/mol. The molecule has 1 atom stereocenters. The van der Waals surface area contributed by atoms with Gasteiger partial charge in [0, 0.05) is 20.2 Å². The number of methoxy groups -OCH3 is 2. The van der Waals surface area contributed by atoms with Crippen molar-refractivity contribution >= 4 is 10.0 Å². The first-order valence-corrected chi connectivity index (χ1v) is 9.33. The maximum Gasteiger partial charge on any atom is 0.216 e. The molecule has 1 fully saturated rings. The van der Waals surface area contributed by atoms with Crippen LogP contribution in [0.1, 0.15) is 31.2 Å². The Bertz CT molecular complexity index is 627. The van der Waals surface area contributed by atoms with E-state index in [1.807, 2.05) is 0 Å². The van der Waals surface area contributed by atoms with Crippen molar-refractivity contribution in [3.05, 3.63) is 29.6 Å². The van der Waals surface area contributed by atoms with Crippen LogP contribution in [0, 0.1) is 5.82 Å². The van der Waals surface area contributed by atoms with Gasteiger partial charge in [0.05, 0.1) is 19.0 Å². The SMILES string of the molecule is COc1cccc(C2CCN(S(=O)(=O)C[C@H](C)OC)CC2)c1F. The summed E-state index contributed by atoms with van der Waals surface area (Å²) in [7, 11) is -0.397. The van der Waals surface area contributed by atoms with Crippen LogP contribution in [0.2, 0.25) is 0 Å². The van der Waals surface area contributed by atoms with Crippen LogP contribution in [-0.4, -0.2) is 51.9 Å². The standard InChI is InChI=1S/C16H24FNO4S/c1-12(21-2)11-23(19,20)18-9-7-13(8-10-18)14-5-4-6-15(22-3)16(14)17/h4-6,12-13H,7-11H2,1-3H3/t12-/m0/s1. The van der Waals surface area contributed by atoms with Gasteiger partial charge < -0.3 is 9.47 Å². The van der Waals surface area contributed by atoms with E-state index < -0.39 is 10.0 Å². The van der Waals surface area contributed by atoms with Crippen molar-refractivity contribution in [2.45, 2.75) is 31.8 Å². The molecule has 1 aliphatic rings. The van der Waals surface area contributed by atoms with E-state index in [-0.39, 0.29) is 29.3 Å². The molecule has 0 aliphatic carbocycles. The second-order valence-corrected chi connectivity index (χ2v) is 7.88. The maximum absolute atomic E-state index is 14.3. The van der Waals surface area contributed by atoms with Crippen LogP contribution in [-0.2, 0) is 14.8 Å². The highest BCUT2D eigenvalue weighted by Crippen LogP contribution is 2.33. The fourth-order valence-corrected chi connectivity index (χ4v) is 4.62. The first kappa shape index (κ1) is 18.2. The van der Waals surface area contributed by atoms with E-state index in [0.29, 0.717) is 31.5 Å². The van der Waals surface area contributed by atoms with Crippen LogP contribution in [0.4, 0.5) is 4.39 Å². The van der Waals surface area contributed by atoms with Crippen molar-refractivity contribution in [1.29, 1.82) is 0 Å². The quantitative estimate of drug-likeness (QED) is 0.794. The molecule has 1 aliphatic heterocycles. The van der Waals surface area contributed by atoms with E-state index >= 15 is 0 Å². The van der Waals surface area contributed by atoms with Crippen LogP contribution in [0.15, 0.2) is 18.2 Å². The van der Waals surface area contributed by atoms with E-state index in [9.17, 15) is 12.8 Å². The van der Waals surface area contributed by atoms with E-state index in [1.165, 1.54) is 18.5 Å². The minimum absolute atomic E-state index is 0.0106. The minimum Gasteiger partial charge on any atom is -0.494 e. The monoisotopic (exact) mass is 345 g/mol. The molecule has 1 aromatic rings. The van der Waals surface area contributed by atoms with Crippen molar-refractivity contribution in [1.82, 2.24) is 4.31 Å². The Balaban J connectivity index is 2.04. The van der Waals surface area contributed by atoms with Crippen molar-refractivity contribution in [2.75, 3.05) is 33.1 Å². The highest BCUT2D eigenvalue weighted by Gasteiger charge is 2.31. The summed E-state index contributed by atoms with van der Waals surface area (Å²) in [5, 5.41) is 0. The van der Waals surface area contributed by atoms with Gasteiger partial charge in [0.15, 0.2) is 11.6 Å². The Morgan fingerprint density at radius 2 is 1.96 bits per heavy atom. The molecule has 0 aromatic heterocycles. The fraction of sp³-hybridized carbons (Fsp3) is 0.625. The molecule has 0 amide bonds. The minimum atomic E-state index is -3.33. The van der Waals surface area contributed by atoms with E-state index in [1.54, 1.807) is 25.1 Å². The summed E-state index contributed by atoms with van der Waals surface area (Å²) in [6, 6.07) is 5.10. The van der Waals surface area contributed by atoms with Gasteiger partial charge in [-0.1, -0.05) is 12.1 Å². The van der Waals surface area contributed by atoms with Crippen molar-refractivity contribution in [3.8, 4) is 5.75 Å². The Morgan fingerprint density at radius 1 is 1.30 bits per heavy atom. The van der Waals surface area contributed by atoms with Crippen molar-refractivity contribution < 1.29 is 22.3 Å². The van der Waals surface area contributed by atoms with E-state index in [2.05, 4.69) is 0 Å². The molecule has 1 saturated heterocycles. The number of benzene rings is 1. The molecule has 0 bridgehead atoms. The number of ether oxygens (including phenoxy) is 2. The molecule has 0 saturated carbocycles. The lowest BCUT2D eigenvalue weighted by atomic mass is 9.90. The van der Waals surface area contributed by atoms with Crippen LogP contribution in [0.5, 0.6) is 5.75 Å². The van der Waals surface area contributed by atoms with Crippen molar-refractivity contribution in [3.63, 3.8) is 0 Å². The number of nitrogens with zero attached hydrogens (tertiary/aromatic N) is 1. The summed E-state index contributed by atoms with van der Waals surface area (Å²) in [5.41, 5.74) is 0.603. The number of halogens is 1. The zero-order chi connectivity index (χ0) is 17.0. The van der Waals surface area contributed by atoms with Gasteiger partial charge in [-0.15, -0.1) is 0 Å². The molecule has 5 nitrogen and oxygen atoms in total. The summed E-state index contributed by atoms with van der Waals surface area (Å²) < 4.78 is 50.5. The normalized spacial score (nSPS) is 18.8. The van der Waals surface area contributed by atoms with Gasteiger partial charge in [0.2, 0.25) is 10.0 Å². The maximum atomic E-state index is 14.3. The van der Waals surface area contributed by atoms with E-state index in [4.69, 9.17) is 9.47 Å². The van der Waals surface area contributed by atoms with E-state index in [0.717, 1.165) is 0 Å². The second-order valence-electron chi connectivity index (χ2n) is 5.86. The average Bonchev–Trinajstić information content (AvgIpc) is 2.54. The van der Waals surface area contributed by atoms with Gasteiger partial charge in [0.1, 0.15) is 0 Å². The Labute approximate surface area is 137 Å². The molecule has 130 valence electrons. The third-order valence-electron chi connectivity index (χ3n) is 4.35. The molecule has 7 heteroatoms. The molecule has 0 unspecified atom stereocenters. The first-order valence-electron chi connectivity index (χ1n) is 7.72. The largest absolute Gasteiger partial charge is 0.494 e. The molecule has 0 N–H and O–H groups in total. The lowest BCUT2D eigenvalue weighted by molar-refractivity contribution is 0.134. The van der Waals surface area contributed by atoms with Crippen LogP contribution in [0.25, 0.3) is 0 Å². The molecule has 23 heavy (non-hydrogen) atoms. The molecular formula is C16H24FNO4S. The predicted octanol–water partition coefficient (Wildman–Crippen LogP) is 2.38. The average molecular weight is 345 g/mol. The topological polar surface area (TPSA) is 55.8 Å². The summed E-state index contributed by atoms with van der Waals surface area (Å²) in [6.07, 6.45) is 0.864. The summed E-state index contributed by atoms with van der Waals surface area (Å²) >= 11 is 0. The number of sulfonamides is 1. The molecule has 1 aromatic carbocycles. The molecule has 1 heterocycles. The van der Waals surface area contributed by atoms with Crippen LogP contribution < -0.4 is 4.74 Å². The number of hydrogen-bond donors (Lipinski definition) is 0. The number of hydrogen-bond acceptors (Lipinski definition) is 4. The first-order chi connectivity index (χ1) is 10.9.